The number of nitrogens with two attached hydrogens (primary N) is 1. The van der Waals surface area contributed by atoms with Gasteiger partial charge >= 0.3 is 0 Å². The van der Waals surface area contributed by atoms with E-state index in [0.717, 1.165) is 5.56 Å². The van der Waals surface area contributed by atoms with E-state index < -0.39 is 0 Å². The molecule has 0 aliphatic rings. The maximum atomic E-state index is 12.0. The van der Waals surface area contributed by atoms with Crippen molar-refractivity contribution >= 4 is 16.7 Å². The zero-order valence-electron chi connectivity index (χ0n) is 12.3. The Morgan fingerprint density at radius 2 is 1.70 bits per heavy atom. The number of hydrogen-bond acceptors (Lipinski definition) is 2. The average Bonchev–Trinajstić information content (AvgIpc) is 2.45. The zero-order valence-corrected chi connectivity index (χ0v) is 12.3. The standard InChI is InChI=1S/C17H22N2O/c1-11(12(2)18)17(20)19-13(3)15-9-8-14-6-4-5-7-16(14)10-15/h4-13H,18H2,1-3H3,(H,19,20). The molecule has 0 fully saturated rings. The SMILES string of the molecule is CC(NC(=O)C(C)C(C)N)c1ccc2ccccc2c1. The summed E-state index contributed by atoms with van der Waals surface area (Å²) in [6.45, 7) is 5.70. The molecule has 3 atom stereocenters. The van der Waals surface area contributed by atoms with Gasteiger partial charge in [0.1, 0.15) is 0 Å². The lowest BCUT2D eigenvalue weighted by Crippen LogP contribution is -2.39. The molecule has 0 heterocycles. The smallest absolute Gasteiger partial charge is 0.224 e. The minimum atomic E-state index is -0.182. The van der Waals surface area contributed by atoms with Gasteiger partial charge in [0.25, 0.3) is 0 Å². The molecule has 0 bridgehead atoms. The normalized spacial score (nSPS) is 15.6. The lowest BCUT2D eigenvalue weighted by atomic mass is 10.0. The number of amides is 1. The van der Waals surface area contributed by atoms with E-state index in [4.69, 9.17) is 5.73 Å². The number of rotatable bonds is 4. The molecule has 0 saturated carbocycles. The minimum absolute atomic E-state index is 0.000610. The summed E-state index contributed by atoms with van der Waals surface area (Å²) < 4.78 is 0. The van der Waals surface area contributed by atoms with Crippen LogP contribution in [0.3, 0.4) is 0 Å². The van der Waals surface area contributed by atoms with Crippen LogP contribution in [0.1, 0.15) is 32.4 Å². The molecule has 3 nitrogen and oxygen atoms in total. The number of carbonyl (C=O) groups is 1. The van der Waals surface area contributed by atoms with Crippen LogP contribution in [0.5, 0.6) is 0 Å². The van der Waals surface area contributed by atoms with Gasteiger partial charge in [0, 0.05) is 12.0 Å². The van der Waals surface area contributed by atoms with Crippen molar-refractivity contribution in [2.45, 2.75) is 32.9 Å². The number of nitrogens with one attached hydrogen (secondary N) is 1. The third-order valence-electron chi connectivity index (χ3n) is 3.83. The van der Waals surface area contributed by atoms with Crippen LogP contribution in [0.2, 0.25) is 0 Å². The maximum absolute atomic E-state index is 12.0. The summed E-state index contributed by atoms with van der Waals surface area (Å²) in [4.78, 5) is 12.0. The fraction of sp³-hybridized carbons (Fsp3) is 0.353. The predicted molar refractivity (Wildman–Crippen MR) is 83.3 cm³/mol. The molecule has 2 rings (SSSR count). The van der Waals surface area contributed by atoms with Crippen LogP contribution in [-0.4, -0.2) is 11.9 Å². The van der Waals surface area contributed by atoms with Crippen LogP contribution >= 0.6 is 0 Å². The quantitative estimate of drug-likeness (QED) is 0.897. The van der Waals surface area contributed by atoms with Crippen LogP contribution in [0.25, 0.3) is 10.8 Å². The third-order valence-corrected chi connectivity index (χ3v) is 3.83. The van der Waals surface area contributed by atoms with Gasteiger partial charge in [-0.25, -0.2) is 0 Å². The van der Waals surface area contributed by atoms with Crippen LogP contribution < -0.4 is 11.1 Å². The van der Waals surface area contributed by atoms with E-state index >= 15 is 0 Å². The van der Waals surface area contributed by atoms with E-state index in [1.807, 2.05) is 32.9 Å². The second-order valence-electron chi connectivity index (χ2n) is 5.48. The Balaban J connectivity index is 2.15. The molecule has 2 aromatic carbocycles. The first-order valence-electron chi connectivity index (χ1n) is 7.03. The van der Waals surface area contributed by atoms with Crippen molar-refractivity contribution in [3.05, 3.63) is 48.0 Å². The van der Waals surface area contributed by atoms with Crippen LogP contribution in [0.15, 0.2) is 42.5 Å². The van der Waals surface area contributed by atoms with Crippen molar-refractivity contribution in [3.8, 4) is 0 Å². The van der Waals surface area contributed by atoms with Gasteiger partial charge in [0.15, 0.2) is 0 Å². The zero-order chi connectivity index (χ0) is 14.7. The van der Waals surface area contributed by atoms with Gasteiger partial charge in [0.05, 0.1) is 6.04 Å². The molecule has 106 valence electrons. The predicted octanol–water partition coefficient (Wildman–Crippen LogP) is 3.00. The monoisotopic (exact) mass is 270 g/mol. The Morgan fingerprint density at radius 3 is 2.35 bits per heavy atom. The number of fused-ring (bicyclic) bond motifs is 1. The molecule has 0 saturated heterocycles. The van der Waals surface area contributed by atoms with Crippen molar-refractivity contribution in [1.29, 1.82) is 0 Å². The maximum Gasteiger partial charge on any atom is 0.224 e. The Hall–Kier alpha value is -1.87. The summed E-state index contributed by atoms with van der Waals surface area (Å²) in [5, 5.41) is 5.42. The molecule has 0 aliphatic heterocycles. The van der Waals surface area contributed by atoms with Crippen LogP contribution in [0, 0.1) is 5.92 Å². The Bertz CT molecular complexity index is 607. The molecule has 3 unspecified atom stereocenters. The lowest BCUT2D eigenvalue weighted by Gasteiger charge is -2.20. The first kappa shape index (κ1) is 14.5. The summed E-state index contributed by atoms with van der Waals surface area (Å²) in [7, 11) is 0. The van der Waals surface area contributed by atoms with E-state index in [0.29, 0.717) is 0 Å². The highest BCUT2D eigenvalue weighted by Crippen LogP contribution is 2.20. The first-order valence-corrected chi connectivity index (χ1v) is 7.03. The Morgan fingerprint density at radius 1 is 1.05 bits per heavy atom. The van der Waals surface area contributed by atoms with Gasteiger partial charge in [-0.15, -0.1) is 0 Å². The van der Waals surface area contributed by atoms with E-state index in [2.05, 4.69) is 35.6 Å². The molecule has 2 aromatic rings. The molecular weight excluding hydrogens is 248 g/mol. The van der Waals surface area contributed by atoms with Gasteiger partial charge in [-0.3, -0.25) is 4.79 Å². The van der Waals surface area contributed by atoms with Crippen molar-refractivity contribution in [3.63, 3.8) is 0 Å². The third kappa shape index (κ3) is 3.17. The Kier molecular flexibility index (Phi) is 4.40. The number of hydrogen-bond donors (Lipinski definition) is 2. The van der Waals surface area contributed by atoms with E-state index in [9.17, 15) is 4.79 Å². The largest absolute Gasteiger partial charge is 0.349 e. The Labute approximate surface area is 120 Å². The molecule has 0 aliphatic carbocycles. The molecule has 0 aromatic heterocycles. The summed E-state index contributed by atoms with van der Waals surface area (Å²) in [5.41, 5.74) is 6.87. The summed E-state index contributed by atoms with van der Waals surface area (Å²) in [6.07, 6.45) is 0. The summed E-state index contributed by atoms with van der Waals surface area (Å²) >= 11 is 0. The summed E-state index contributed by atoms with van der Waals surface area (Å²) in [5.74, 6) is -0.182. The topological polar surface area (TPSA) is 55.1 Å². The second kappa shape index (κ2) is 6.06. The lowest BCUT2D eigenvalue weighted by molar-refractivity contribution is -0.125. The minimum Gasteiger partial charge on any atom is -0.349 e. The highest BCUT2D eigenvalue weighted by Gasteiger charge is 2.19. The molecule has 1 amide bonds. The van der Waals surface area contributed by atoms with E-state index in [-0.39, 0.29) is 23.9 Å². The van der Waals surface area contributed by atoms with Gasteiger partial charge in [-0.1, -0.05) is 43.3 Å². The van der Waals surface area contributed by atoms with Gasteiger partial charge in [-0.05, 0) is 36.2 Å². The molecule has 3 N–H and O–H groups in total. The van der Waals surface area contributed by atoms with Gasteiger partial charge in [0.2, 0.25) is 5.91 Å². The molecule has 0 radical (unpaired) electrons. The fourth-order valence-electron chi connectivity index (χ4n) is 2.14. The fourth-order valence-corrected chi connectivity index (χ4v) is 2.14. The second-order valence-corrected chi connectivity index (χ2v) is 5.48. The molecule has 0 spiro atoms. The van der Waals surface area contributed by atoms with Crippen molar-refractivity contribution in [2.24, 2.45) is 11.7 Å². The highest BCUT2D eigenvalue weighted by molar-refractivity contribution is 5.83. The molecule has 3 heteroatoms. The number of benzene rings is 2. The number of carbonyl (C=O) groups excluding carboxylic acids is 1. The van der Waals surface area contributed by atoms with Gasteiger partial charge < -0.3 is 11.1 Å². The van der Waals surface area contributed by atoms with Crippen molar-refractivity contribution in [1.82, 2.24) is 5.32 Å². The molecule has 20 heavy (non-hydrogen) atoms. The van der Waals surface area contributed by atoms with Crippen LogP contribution in [-0.2, 0) is 4.79 Å². The first-order chi connectivity index (χ1) is 9.49. The molecular formula is C17H22N2O. The highest BCUT2D eigenvalue weighted by atomic mass is 16.1. The van der Waals surface area contributed by atoms with E-state index in [1.165, 1.54) is 10.8 Å². The average molecular weight is 270 g/mol. The van der Waals surface area contributed by atoms with E-state index in [1.54, 1.807) is 0 Å². The van der Waals surface area contributed by atoms with Crippen LogP contribution in [0.4, 0.5) is 0 Å². The van der Waals surface area contributed by atoms with Gasteiger partial charge in [-0.2, -0.15) is 0 Å². The summed E-state index contributed by atoms with van der Waals surface area (Å²) in [6, 6.07) is 14.3. The van der Waals surface area contributed by atoms with Crippen molar-refractivity contribution in [2.75, 3.05) is 0 Å². The van der Waals surface area contributed by atoms with Crippen molar-refractivity contribution < 1.29 is 4.79 Å².